The molecule has 0 aliphatic rings. The van der Waals surface area contributed by atoms with E-state index in [0.29, 0.717) is 0 Å². The smallest absolute Gasteiger partial charge is 0.142 e. The van der Waals surface area contributed by atoms with Crippen LogP contribution >= 0.6 is 31.9 Å². The minimum Gasteiger partial charge on any atom is -0.350 e. The highest BCUT2D eigenvalue weighted by molar-refractivity contribution is 9.10. The molecule has 0 atom stereocenters. The maximum absolute atomic E-state index is 4.80. The Morgan fingerprint density at radius 1 is 0.750 bits per heavy atom. The van der Waals surface area contributed by atoms with E-state index in [0.717, 1.165) is 26.0 Å². The Hall–Kier alpha value is -2.31. The lowest BCUT2D eigenvalue weighted by Crippen LogP contribution is -1.95. The van der Waals surface area contributed by atoms with Gasteiger partial charge in [-0.05, 0) is 24.3 Å². The zero-order chi connectivity index (χ0) is 19.6. The van der Waals surface area contributed by atoms with Crippen LogP contribution in [0.2, 0.25) is 0 Å². The van der Waals surface area contributed by atoms with Crippen LogP contribution in [-0.2, 0) is 21.1 Å². The second-order valence-corrected chi connectivity index (χ2v) is 8.99. The highest BCUT2D eigenvalue weighted by Crippen LogP contribution is 2.36. The molecular formula is C22H18Br2N4. The van der Waals surface area contributed by atoms with E-state index in [1.54, 1.807) is 0 Å². The highest BCUT2D eigenvalue weighted by atomic mass is 79.9. The third-order valence-electron chi connectivity index (χ3n) is 5.41. The number of nitrogens with zero attached hydrogens (tertiary/aromatic N) is 4. The van der Waals surface area contributed by atoms with E-state index in [2.05, 4.69) is 115 Å². The van der Waals surface area contributed by atoms with Crippen molar-refractivity contribution in [2.24, 2.45) is 21.1 Å². The molecule has 0 radical (unpaired) electrons. The molecule has 0 spiro atoms. The van der Waals surface area contributed by atoms with Gasteiger partial charge in [0.1, 0.15) is 5.82 Å². The second-order valence-electron chi connectivity index (χ2n) is 7.16. The average molecular weight is 498 g/mol. The number of hydrogen-bond acceptors (Lipinski definition) is 1. The normalized spacial score (nSPS) is 11.8. The van der Waals surface area contributed by atoms with Crippen LogP contribution in [0.1, 0.15) is 0 Å². The van der Waals surface area contributed by atoms with Gasteiger partial charge in [0.05, 0.1) is 11.9 Å². The number of aromatic nitrogens is 4. The number of benzene rings is 2. The van der Waals surface area contributed by atoms with Gasteiger partial charge < -0.3 is 13.7 Å². The third-order valence-corrected chi connectivity index (χ3v) is 6.40. The molecule has 3 heterocycles. The molecule has 2 aromatic carbocycles. The van der Waals surface area contributed by atoms with Crippen LogP contribution in [0.5, 0.6) is 0 Å². The van der Waals surface area contributed by atoms with Crippen LogP contribution in [-0.4, -0.2) is 18.7 Å². The summed E-state index contributed by atoms with van der Waals surface area (Å²) in [6.45, 7) is 0. The summed E-state index contributed by atoms with van der Waals surface area (Å²) >= 11 is 7.15. The number of hydrogen-bond donors (Lipinski definition) is 0. The number of fused-ring (bicyclic) bond motifs is 2. The first kappa shape index (κ1) is 17.8. The molecule has 0 unspecified atom stereocenters. The number of aryl methyl sites for hydroxylation is 2. The molecule has 5 aromatic rings. The van der Waals surface area contributed by atoms with Gasteiger partial charge >= 0.3 is 0 Å². The maximum Gasteiger partial charge on any atom is 0.142 e. The SMILES string of the molecule is Cn1c(-c2cn(C)c3cc(Br)ccc23)cnc1-c1cn(C)c2cc(Br)ccc12. The lowest BCUT2D eigenvalue weighted by Gasteiger charge is -2.05. The molecule has 140 valence electrons. The summed E-state index contributed by atoms with van der Waals surface area (Å²) in [5.41, 5.74) is 5.82. The third kappa shape index (κ3) is 2.58. The van der Waals surface area contributed by atoms with Crippen molar-refractivity contribution < 1.29 is 0 Å². The van der Waals surface area contributed by atoms with Crippen molar-refractivity contribution >= 4 is 53.7 Å². The highest BCUT2D eigenvalue weighted by Gasteiger charge is 2.18. The molecule has 5 rings (SSSR count). The van der Waals surface area contributed by atoms with Gasteiger partial charge in [-0.1, -0.05) is 44.0 Å². The standard InChI is InChI=1S/C22H18Br2N4/c1-26-11-17(15-6-4-13(23)8-19(15)26)21-10-25-22(28(21)3)18-12-27(2)20-9-14(24)5-7-16(18)20/h4-12H,1-3H3. The average Bonchev–Trinajstić information content (AvgIpc) is 3.29. The second kappa shape index (κ2) is 6.36. The van der Waals surface area contributed by atoms with Crippen LogP contribution < -0.4 is 0 Å². The van der Waals surface area contributed by atoms with Gasteiger partial charge in [-0.15, -0.1) is 0 Å². The van der Waals surface area contributed by atoms with Crippen LogP contribution in [0.3, 0.4) is 0 Å². The molecule has 0 bridgehead atoms. The van der Waals surface area contributed by atoms with Crippen molar-refractivity contribution in [3.05, 3.63) is 63.9 Å². The minimum atomic E-state index is 0.969. The van der Waals surface area contributed by atoms with E-state index in [4.69, 9.17) is 4.98 Å². The Morgan fingerprint density at radius 3 is 1.89 bits per heavy atom. The summed E-state index contributed by atoms with van der Waals surface area (Å²) in [7, 11) is 6.25. The minimum absolute atomic E-state index is 0.969. The van der Waals surface area contributed by atoms with Gasteiger partial charge in [0.2, 0.25) is 0 Å². The van der Waals surface area contributed by atoms with Crippen LogP contribution in [0.25, 0.3) is 44.5 Å². The van der Waals surface area contributed by atoms with Crippen LogP contribution in [0.4, 0.5) is 0 Å². The maximum atomic E-state index is 4.80. The summed E-state index contributed by atoms with van der Waals surface area (Å²) < 4.78 is 8.67. The zero-order valence-corrected chi connectivity index (χ0v) is 18.9. The predicted molar refractivity (Wildman–Crippen MR) is 122 cm³/mol. The molecule has 0 saturated carbocycles. The molecular weight excluding hydrogens is 480 g/mol. The van der Waals surface area contributed by atoms with Gasteiger partial charge in [0.15, 0.2) is 0 Å². The zero-order valence-electron chi connectivity index (χ0n) is 15.7. The first-order valence-electron chi connectivity index (χ1n) is 8.95. The molecule has 0 N–H and O–H groups in total. The Balaban J connectivity index is 1.72. The van der Waals surface area contributed by atoms with E-state index >= 15 is 0 Å². The molecule has 0 amide bonds. The summed E-state index contributed by atoms with van der Waals surface area (Å²) in [4.78, 5) is 4.80. The van der Waals surface area contributed by atoms with E-state index in [1.165, 1.54) is 27.4 Å². The van der Waals surface area contributed by atoms with Gasteiger partial charge in [-0.2, -0.15) is 0 Å². The number of imidazole rings is 1. The van der Waals surface area contributed by atoms with E-state index in [-0.39, 0.29) is 0 Å². The van der Waals surface area contributed by atoms with E-state index < -0.39 is 0 Å². The summed E-state index contributed by atoms with van der Waals surface area (Å²) in [5.74, 6) is 0.969. The van der Waals surface area contributed by atoms with Crippen LogP contribution in [0, 0.1) is 0 Å². The van der Waals surface area contributed by atoms with Crippen molar-refractivity contribution in [1.82, 2.24) is 18.7 Å². The van der Waals surface area contributed by atoms with Gasteiger partial charge in [0.25, 0.3) is 0 Å². The fourth-order valence-electron chi connectivity index (χ4n) is 4.01. The Morgan fingerprint density at radius 2 is 1.29 bits per heavy atom. The molecule has 4 nitrogen and oxygen atoms in total. The van der Waals surface area contributed by atoms with E-state index in [1.807, 2.05) is 6.20 Å². The number of halogens is 2. The monoisotopic (exact) mass is 496 g/mol. The first-order valence-corrected chi connectivity index (χ1v) is 10.5. The predicted octanol–water partition coefficient (Wildman–Crippen LogP) is 6.26. The molecule has 0 aliphatic heterocycles. The van der Waals surface area contributed by atoms with Crippen molar-refractivity contribution in [2.45, 2.75) is 0 Å². The number of rotatable bonds is 2. The molecule has 3 aromatic heterocycles. The fourth-order valence-corrected chi connectivity index (χ4v) is 4.70. The Bertz CT molecular complexity index is 1270. The lowest BCUT2D eigenvalue weighted by molar-refractivity contribution is 0.923. The summed E-state index contributed by atoms with van der Waals surface area (Å²) in [6, 6.07) is 12.8. The van der Waals surface area contributed by atoms with Gasteiger partial charge in [0, 0.05) is 75.4 Å². The Kier molecular flexibility index (Phi) is 4.03. The quantitative estimate of drug-likeness (QED) is 0.282. The summed E-state index contributed by atoms with van der Waals surface area (Å²) in [6.07, 6.45) is 6.31. The van der Waals surface area contributed by atoms with Crippen molar-refractivity contribution in [2.75, 3.05) is 0 Å². The molecule has 28 heavy (non-hydrogen) atoms. The molecule has 6 heteroatoms. The fraction of sp³-hybridized carbons (Fsp3) is 0.136. The Labute approximate surface area is 179 Å². The summed E-state index contributed by atoms with van der Waals surface area (Å²) in [5, 5.41) is 2.43. The largest absolute Gasteiger partial charge is 0.350 e. The molecule has 0 fully saturated rings. The first-order chi connectivity index (χ1) is 13.4. The van der Waals surface area contributed by atoms with Crippen molar-refractivity contribution in [3.63, 3.8) is 0 Å². The topological polar surface area (TPSA) is 27.7 Å². The van der Waals surface area contributed by atoms with Crippen LogP contribution in [0.15, 0.2) is 63.9 Å². The van der Waals surface area contributed by atoms with Crippen molar-refractivity contribution in [3.8, 4) is 22.6 Å². The van der Waals surface area contributed by atoms with E-state index in [9.17, 15) is 0 Å². The lowest BCUT2D eigenvalue weighted by atomic mass is 10.1. The van der Waals surface area contributed by atoms with Gasteiger partial charge in [-0.25, -0.2) is 4.98 Å². The molecule has 0 saturated heterocycles. The molecule has 0 aliphatic carbocycles. The van der Waals surface area contributed by atoms with Crippen molar-refractivity contribution in [1.29, 1.82) is 0 Å². The van der Waals surface area contributed by atoms with Gasteiger partial charge in [-0.3, -0.25) is 0 Å².